The summed E-state index contributed by atoms with van der Waals surface area (Å²) >= 11 is 0. The van der Waals surface area contributed by atoms with E-state index in [-0.39, 0.29) is 0 Å². The fraction of sp³-hybridized carbons (Fsp3) is 0.647. The second-order valence-corrected chi connectivity index (χ2v) is 6.53. The van der Waals surface area contributed by atoms with Crippen molar-refractivity contribution in [1.29, 1.82) is 0 Å². The van der Waals surface area contributed by atoms with Gasteiger partial charge in [0, 0.05) is 6.54 Å². The molecule has 1 fully saturated rings. The summed E-state index contributed by atoms with van der Waals surface area (Å²) in [7, 11) is 2.19. The van der Waals surface area contributed by atoms with E-state index in [2.05, 4.69) is 31.1 Å². The largest absolute Gasteiger partial charge is 0.491 e. The number of hydrogen-bond donors (Lipinski definition) is 2. The van der Waals surface area contributed by atoms with E-state index in [1.54, 1.807) is 0 Å². The van der Waals surface area contributed by atoms with Crippen molar-refractivity contribution in [3.05, 3.63) is 18.2 Å². The maximum Gasteiger partial charge on any atom is 0.144 e. The van der Waals surface area contributed by atoms with Gasteiger partial charge in [0.15, 0.2) is 0 Å². The highest BCUT2D eigenvalue weighted by Gasteiger charge is 2.28. The smallest absolute Gasteiger partial charge is 0.144 e. The first-order valence-electron chi connectivity index (χ1n) is 7.98. The molecule has 1 aromatic carbocycles. The molecule has 0 bridgehead atoms. The highest BCUT2D eigenvalue weighted by atomic mass is 16.5. The Morgan fingerprint density at radius 1 is 1.33 bits per heavy atom. The van der Waals surface area contributed by atoms with Crippen LogP contribution in [0.2, 0.25) is 0 Å². The fourth-order valence-electron chi connectivity index (χ4n) is 2.68. The van der Waals surface area contributed by atoms with Crippen molar-refractivity contribution < 1.29 is 4.74 Å². The summed E-state index contributed by atoms with van der Waals surface area (Å²) in [6.45, 7) is 8.47. The Bertz CT molecular complexity index is 453. The summed E-state index contributed by atoms with van der Waals surface area (Å²) in [6, 6.07) is 5.97. The fourth-order valence-corrected chi connectivity index (χ4v) is 2.68. The van der Waals surface area contributed by atoms with Gasteiger partial charge in [0.1, 0.15) is 5.75 Å². The molecule has 0 saturated carbocycles. The molecule has 0 amide bonds. The van der Waals surface area contributed by atoms with Gasteiger partial charge in [0.25, 0.3) is 0 Å². The number of nitrogen functional groups attached to an aromatic ring is 1. The maximum absolute atomic E-state index is 6.21. The summed E-state index contributed by atoms with van der Waals surface area (Å²) in [4.78, 5) is 2.40. The molecule has 0 unspecified atom stereocenters. The van der Waals surface area contributed by atoms with Gasteiger partial charge in [-0.3, -0.25) is 0 Å². The normalized spacial score (nSPS) is 18.4. The molecule has 1 aliphatic heterocycles. The van der Waals surface area contributed by atoms with Crippen molar-refractivity contribution in [3.8, 4) is 5.75 Å². The average Bonchev–Trinajstić information content (AvgIpc) is 2.48. The van der Waals surface area contributed by atoms with Crippen LogP contribution in [0.3, 0.4) is 0 Å². The first-order valence-corrected chi connectivity index (χ1v) is 7.98. The Hall–Kier alpha value is -1.42. The van der Waals surface area contributed by atoms with E-state index >= 15 is 0 Å². The van der Waals surface area contributed by atoms with Gasteiger partial charge < -0.3 is 20.7 Å². The van der Waals surface area contributed by atoms with Crippen LogP contribution in [0.25, 0.3) is 0 Å². The first kappa shape index (κ1) is 16.0. The number of para-hydroxylation sites is 1. The highest BCUT2D eigenvalue weighted by Crippen LogP contribution is 2.33. The van der Waals surface area contributed by atoms with Crippen molar-refractivity contribution in [2.24, 2.45) is 5.41 Å². The highest BCUT2D eigenvalue weighted by molar-refractivity contribution is 5.72. The van der Waals surface area contributed by atoms with Crippen LogP contribution in [-0.2, 0) is 0 Å². The molecule has 4 heteroatoms. The number of nitrogens with zero attached hydrogens (tertiary/aromatic N) is 1. The SMILES string of the molecule is CCCOc1cccc(NCC2(C)CCN(C)CC2)c1N. The molecule has 1 aliphatic rings. The molecular weight excluding hydrogens is 262 g/mol. The molecule has 21 heavy (non-hydrogen) atoms. The summed E-state index contributed by atoms with van der Waals surface area (Å²) in [5.74, 6) is 0.787. The quantitative estimate of drug-likeness (QED) is 0.790. The molecule has 0 aromatic heterocycles. The van der Waals surface area contributed by atoms with Gasteiger partial charge in [-0.05, 0) is 56.9 Å². The Balaban J connectivity index is 1.96. The monoisotopic (exact) mass is 291 g/mol. The molecule has 2 rings (SSSR count). The topological polar surface area (TPSA) is 50.5 Å². The zero-order chi connectivity index (χ0) is 15.3. The third-order valence-electron chi connectivity index (χ3n) is 4.43. The number of hydrogen-bond acceptors (Lipinski definition) is 4. The van der Waals surface area contributed by atoms with Gasteiger partial charge in [0.2, 0.25) is 0 Å². The van der Waals surface area contributed by atoms with Crippen LogP contribution in [0.4, 0.5) is 11.4 Å². The molecule has 0 radical (unpaired) electrons. The maximum atomic E-state index is 6.21. The molecule has 3 N–H and O–H groups in total. The molecule has 4 nitrogen and oxygen atoms in total. The lowest BCUT2D eigenvalue weighted by atomic mass is 9.80. The number of rotatable bonds is 6. The van der Waals surface area contributed by atoms with E-state index in [0.29, 0.717) is 12.0 Å². The molecule has 0 atom stereocenters. The summed E-state index contributed by atoms with van der Waals surface area (Å²) in [5, 5.41) is 3.53. The molecule has 1 aromatic rings. The Morgan fingerprint density at radius 3 is 2.71 bits per heavy atom. The van der Waals surface area contributed by atoms with E-state index in [0.717, 1.165) is 30.1 Å². The number of anilines is 2. The molecule has 1 heterocycles. The summed E-state index contributed by atoms with van der Waals surface area (Å²) in [5.41, 5.74) is 8.27. The number of likely N-dealkylation sites (tertiary alicyclic amines) is 1. The third-order valence-corrected chi connectivity index (χ3v) is 4.43. The second kappa shape index (κ2) is 7.03. The Kier molecular flexibility index (Phi) is 5.34. The van der Waals surface area contributed by atoms with E-state index in [9.17, 15) is 0 Å². The minimum absolute atomic E-state index is 0.346. The zero-order valence-electron chi connectivity index (χ0n) is 13.6. The molecule has 1 saturated heterocycles. The van der Waals surface area contributed by atoms with Gasteiger partial charge >= 0.3 is 0 Å². The number of nitrogens with two attached hydrogens (primary N) is 1. The Labute approximate surface area is 128 Å². The van der Waals surface area contributed by atoms with Gasteiger partial charge in [-0.2, -0.15) is 0 Å². The van der Waals surface area contributed by atoms with Gasteiger partial charge in [0.05, 0.1) is 18.0 Å². The lowest BCUT2D eigenvalue weighted by molar-refractivity contribution is 0.150. The summed E-state index contributed by atoms with van der Waals surface area (Å²) < 4.78 is 5.69. The molecule has 0 aliphatic carbocycles. The van der Waals surface area contributed by atoms with Crippen LogP contribution in [0.15, 0.2) is 18.2 Å². The molecule has 118 valence electrons. The minimum atomic E-state index is 0.346. The number of piperidine rings is 1. The first-order chi connectivity index (χ1) is 10.0. The summed E-state index contributed by atoms with van der Waals surface area (Å²) in [6.07, 6.45) is 3.44. The van der Waals surface area contributed by atoms with Crippen LogP contribution in [-0.4, -0.2) is 38.2 Å². The second-order valence-electron chi connectivity index (χ2n) is 6.53. The molecule has 0 spiro atoms. The number of ether oxygens (including phenoxy) is 1. The van der Waals surface area contributed by atoms with Gasteiger partial charge in [-0.15, -0.1) is 0 Å². The standard InChI is InChI=1S/C17H29N3O/c1-4-12-21-15-7-5-6-14(16(15)18)19-13-17(2)8-10-20(3)11-9-17/h5-7,19H,4,8-13,18H2,1-3H3. The Morgan fingerprint density at radius 2 is 2.05 bits per heavy atom. The number of benzene rings is 1. The van der Waals surface area contributed by atoms with E-state index in [4.69, 9.17) is 10.5 Å². The van der Waals surface area contributed by atoms with Crippen LogP contribution in [0.5, 0.6) is 5.75 Å². The van der Waals surface area contributed by atoms with Crippen molar-refractivity contribution in [2.75, 3.05) is 44.3 Å². The minimum Gasteiger partial charge on any atom is -0.491 e. The predicted molar refractivity (Wildman–Crippen MR) is 90.0 cm³/mol. The van der Waals surface area contributed by atoms with E-state index in [1.165, 1.54) is 25.9 Å². The van der Waals surface area contributed by atoms with Crippen molar-refractivity contribution in [1.82, 2.24) is 4.90 Å². The van der Waals surface area contributed by atoms with E-state index in [1.807, 2.05) is 18.2 Å². The lowest BCUT2D eigenvalue weighted by Gasteiger charge is -2.38. The number of nitrogens with one attached hydrogen (secondary N) is 1. The molecular formula is C17H29N3O. The van der Waals surface area contributed by atoms with Gasteiger partial charge in [-0.25, -0.2) is 0 Å². The third kappa shape index (κ3) is 4.27. The predicted octanol–water partition coefficient (Wildman–Crippen LogP) is 3.20. The van der Waals surface area contributed by atoms with E-state index < -0.39 is 0 Å². The van der Waals surface area contributed by atoms with Crippen LogP contribution in [0.1, 0.15) is 33.1 Å². The van der Waals surface area contributed by atoms with Crippen LogP contribution >= 0.6 is 0 Å². The van der Waals surface area contributed by atoms with Crippen molar-refractivity contribution in [3.63, 3.8) is 0 Å². The van der Waals surface area contributed by atoms with Gasteiger partial charge in [-0.1, -0.05) is 19.9 Å². The van der Waals surface area contributed by atoms with Crippen molar-refractivity contribution >= 4 is 11.4 Å². The van der Waals surface area contributed by atoms with Crippen LogP contribution in [0, 0.1) is 5.41 Å². The average molecular weight is 291 g/mol. The van der Waals surface area contributed by atoms with Crippen LogP contribution < -0.4 is 15.8 Å². The lowest BCUT2D eigenvalue weighted by Crippen LogP contribution is -2.40. The van der Waals surface area contributed by atoms with Crippen molar-refractivity contribution in [2.45, 2.75) is 33.1 Å². The zero-order valence-corrected chi connectivity index (χ0v) is 13.6.